The molecule has 3 aromatic rings. The first-order valence-corrected chi connectivity index (χ1v) is 16.8. The molecule has 48 heavy (non-hydrogen) atoms. The van der Waals surface area contributed by atoms with Crippen LogP contribution in [0, 0.1) is 0 Å². The number of carbonyl (C=O) groups is 2. The van der Waals surface area contributed by atoms with E-state index >= 15 is 0 Å². The van der Waals surface area contributed by atoms with Crippen LogP contribution in [0.15, 0.2) is 91.0 Å². The summed E-state index contributed by atoms with van der Waals surface area (Å²) in [6.45, 7) is 5.56. The minimum atomic E-state index is -1.17. The monoisotopic (exact) mass is 666 g/mol. The van der Waals surface area contributed by atoms with Gasteiger partial charge in [-0.2, -0.15) is 0 Å². The summed E-state index contributed by atoms with van der Waals surface area (Å²) in [6, 6.07) is 27.9. The van der Waals surface area contributed by atoms with E-state index in [0.717, 1.165) is 56.3 Å². The van der Waals surface area contributed by atoms with Gasteiger partial charge in [-0.25, -0.2) is 9.59 Å². The van der Waals surface area contributed by atoms with Crippen molar-refractivity contribution in [1.82, 2.24) is 0 Å². The third-order valence-electron chi connectivity index (χ3n) is 7.45. The molecule has 0 bridgehead atoms. The number of rotatable bonds is 12. The quantitative estimate of drug-likeness (QED) is 0.210. The van der Waals surface area contributed by atoms with E-state index in [1.165, 1.54) is 0 Å². The third kappa shape index (κ3) is 13.8. The van der Waals surface area contributed by atoms with Gasteiger partial charge in [-0.3, -0.25) is 0 Å². The van der Waals surface area contributed by atoms with E-state index < -0.39 is 18.2 Å². The molecule has 5 unspecified atom stereocenters. The summed E-state index contributed by atoms with van der Waals surface area (Å²) in [5, 5.41) is 18.8. The predicted molar refractivity (Wildman–Crippen MR) is 179 cm³/mol. The second-order valence-corrected chi connectivity index (χ2v) is 11.1. The molecular formula is C38H50O10. The lowest BCUT2D eigenvalue weighted by Gasteiger charge is -2.27. The molecule has 0 aromatic heterocycles. The average molecular weight is 667 g/mol. The van der Waals surface area contributed by atoms with E-state index in [9.17, 15) is 19.8 Å². The van der Waals surface area contributed by atoms with Gasteiger partial charge in [0.25, 0.3) is 0 Å². The van der Waals surface area contributed by atoms with Gasteiger partial charge in [-0.1, -0.05) is 91.0 Å². The minimum Gasteiger partial charge on any atom is -0.464 e. The minimum absolute atomic E-state index is 0.0100. The van der Waals surface area contributed by atoms with Crippen LogP contribution in [0.2, 0.25) is 0 Å². The van der Waals surface area contributed by atoms with E-state index in [-0.39, 0.29) is 37.9 Å². The third-order valence-corrected chi connectivity index (χ3v) is 7.45. The van der Waals surface area contributed by atoms with Crippen molar-refractivity contribution in [3.8, 4) is 0 Å². The molecule has 10 heteroatoms. The second kappa shape index (κ2) is 22.8. The van der Waals surface area contributed by atoms with Crippen LogP contribution in [-0.4, -0.2) is 67.8 Å². The van der Waals surface area contributed by atoms with E-state index in [2.05, 4.69) is 4.74 Å². The number of benzene rings is 3. The van der Waals surface area contributed by atoms with Crippen LogP contribution in [0.25, 0.3) is 0 Å². The first-order chi connectivity index (χ1) is 23.5. The smallest absolute Gasteiger partial charge is 0.340 e. The molecule has 10 nitrogen and oxygen atoms in total. The van der Waals surface area contributed by atoms with Crippen molar-refractivity contribution in [2.75, 3.05) is 33.0 Å². The Bertz CT molecular complexity index is 1260. The van der Waals surface area contributed by atoms with Crippen molar-refractivity contribution in [3.05, 3.63) is 108 Å². The van der Waals surface area contributed by atoms with Gasteiger partial charge in [-0.05, 0) is 69.1 Å². The molecule has 2 heterocycles. The molecule has 0 saturated carbocycles. The van der Waals surface area contributed by atoms with Crippen LogP contribution in [0.4, 0.5) is 0 Å². The Labute approximate surface area is 283 Å². The lowest BCUT2D eigenvalue weighted by Crippen LogP contribution is -2.28. The normalized spacial score (nSPS) is 19.2. The van der Waals surface area contributed by atoms with Gasteiger partial charge in [0.1, 0.15) is 6.10 Å². The van der Waals surface area contributed by atoms with Gasteiger partial charge in [0.05, 0.1) is 19.8 Å². The highest BCUT2D eigenvalue weighted by Gasteiger charge is 2.28. The average Bonchev–Trinajstić information content (AvgIpc) is 3.15. The van der Waals surface area contributed by atoms with Gasteiger partial charge in [0.15, 0.2) is 24.8 Å². The molecule has 262 valence electrons. The van der Waals surface area contributed by atoms with E-state index in [0.29, 0.717) is 18.8 Å². The maximum absolute atomic E-state index is 12.0. The van der Waals surface area contributed by atoms with Gasteiger partial charge >= 0.3 is 11.9 Å². The zero-order valence-electron chi connectivity index (χ0n) is 28.0. The first kappa shape index (κ1) is 38.8. The fourth-order valence-corrected chi connectivity index (χ4v) is 4.98. The lowest BCUT2D eigenvalue weighted by atomic mass is 10.1. The maximum Gasteiger partial charge on any atom is 0.340 e. The number of esters is 2. The van der Waals surface area contributed by atoms with Crippen LogP contribution in [0.1, 0.15) is 87.4 Å². The fourth-order valence-electron chi connectivity index (χ4n) is 4.98. The molecular weight excluding hydrogens is 616 g/mol. The van der Waals surface area contributed by atoms with Gasteiger partial charge in [0, 0.05) is 13.2 Å². The van der Waals surface area contributed by atoms with Crippen molar-refractivity contribution in [2.45, 2.75) is 83.3 Å². The SMILES string of the molecule is CCOC(=O)C(O)c1ccccc1.CCOC(=O)C(OC1CCCCO1)c1ccccc1.OCC(OC1CCCCO1)c1ccccc1. The standard InChI is InChI=1S/C15H20O4.C13H18O3.C10H12O3/c1-2-17-15(16)14(12-8-4-3-5-9-12)19-13-10-6-7-11-18-13;14-10-12(11-6-2-1-3-7-11)16-13-8-4-5-9-15-13;1-2-13-10(12)9(11)8-6-4-3-5-7-8/h3-5,8-9,13-14H,2,6-7,10-11H2,1H3;1-3,6-7,12-14H,4-5,8-10H2;3-7,9,11H,2H2,1H3. The van der Waals surface area contributed by atoms with Crippen molar-refractivity contribution >= 4 is 11.9 Å². The van der Waals surface area contributed by atoms with E-state index in [1.54, 1.807) is 38.1 Å². The van der Waals surface area contributed by atoms with Crippen molar-refractivity contribution in [2.24, 2.45) is 0 Å². The summed E-state index contributed by atoms with van der Waals surface area (Å²) in [6.07, 6.45) is 3.48. The second-order valence-electron chi connectivity index (χ2n) is 11.1. The first-order valence-electron chi connectivity index (χ1n) is 16.8. The summed E-state index contributed by atoms with van der Waals surface area (Å²) in [5.41, 5.74) is 2.36. The van der Waals surface area contributed by atoms with E-state index in [1.807, 2.05) is 66.7 Å². The Morgan fingerprint density at radius 1 is 0.667 bits per heavy atom. The Kier molecular flexibility index (Phi) is 18.5. The molecule has 2 saturated heterocycles. The summed E-state index contributed by atoms with van der Waals surface area (Å²) >= 11 is 0. The molecule has 0 spiro atoms. The van der Waals surface area contributed by atoms with Crippen LogP contribution >= 0.6 is 0 Å². The van der Waals surface area contributed by atoms with Crippen LogP contribution in [0.5, 0.6) is 0 Å². The summed E-state index contributed by atoms with van der Waals surface area (Å²) in [4.78, 5) is 23.1. The van der Waals surface area contributed by atoms with E-state index in [4.69, 9.17) is 23.7 Å². The highest BCUT2D eigenvalue weighted by atomic mass is 16.7. The zero-order valence-corrected chi connectivity index (χ0v) is 28.0. The highest BCUT2D eigenvalue weighted by molar-refractivity contribution is 5.76. The Morgan fingerprint density at radius 2 is 1.12 bits per heavy atom. The summed E-state index contributed by atoms with van der Waals surface area (Å²) in [5.74, 6) is -0.962. The molecule has 3 aromatic carbocycles. The highest BCUT2D eigenvalue weighted by Crippen LogP contribution is 2.26. The molecule has 0 aliphatic carbocycles. The number of aliphatic hydroxyl groups excluding tert-OH is 2. The largest absolute Gasteiger partial charge is 0.464 e. The molecule has 2 fully saturated rings. The molecule has 2 aliphatic heterocycles. The van der Waals surface area contributed by atoms with Crippen molar-refractivity contribution < 1.29 is 48.2 Å². The molecule has 5 atom stereocenters. The van der Waals surface area contributed by atoms with Crippen LogP contribution in [-0.2, 0) is 38.0 Å². The number of hydrogen-bond acceptors (Lipinski definition) is 10. The zero-order chi connectivity index (χ0) is 34.4. The summed E-state index contributed by atoms with van der Waals surface area (Å²) < 4.78 is 32.3. The van der Waals surface area contributed by atoms with Crippen molar-refractivity contribution in [1.29, 1.82) is 0 Å². The van der Waals surface area contributed by atoms with Gasteiger partial charge in [0.2, 0.25) is 0 Å². The Balaban J connectivity index is 0.000000199. The van der Waals surface area contributed by atoms with Gasteiger partial charge < -0.3 is 38.6 Å². The van der Waals surface area contributed by atoms with Gasteiger partial charge in [-0.15, -0.1) is 0 Å². The number of ether oxygens (including phenoxy) is 6. The van der Waals surface area contributed by atoms with Crippen molar-refractivity contribution in [3.63, 3.8) is 0 Å². The van der Waals surface area contributed by atoms with Crippen LogP contribution < -0.4 is 0 Å². The predicted octanol–water partition coefficient (Wildman–Crippen LogP) is 6.38. The molecule has 0 radical (unpaired) electrons. The molecule has 0 amide bonds. The maximum atomic E-state index is 12.0. The Hall–Kier alpha value is -3.64. The topological polar surface area (TPSA) is 130 Å². The van der Waals surface area contributed by atoms with Crippen LogP contribution in [0.3, 0.4) is 0 Å². The lowest BCUT2D eigenvalue weighted by molar-refractivity contribution is -0.205. The molecule has 2 aliphatic rings. The molecule has 5 rings (SSSR count). The fraction of sp³-hybridized carbons (Fsp3) is 0.474. The Morgan fingerprint density at radius 3 is 1.58 bits per heavy atom. The number of aliphatic hydroxyl groups is 2. The number of carbonyl (C=O) groups excluding carboxylic acids is 2. The summed E-state index contributed by atoms with van der Waals surface area (Å²) in [7, 11) is 0. The molecule has 2 N–H and O–H groups in total. The number of hydrogen-bond donors (Lipinski definition) is 2.